The molecule has 154 valence electrons. The summed E-state index contributed by atoms with van der Waals surface area (Å²) in [5.41, 5.74) is 2.68. The molecule has 0 saturated heterocycles. The average Bonchev–Trinajstić information content (AvgIpc) is 2.63. The number of hydrogen-bond acceptors (Lipinski definition) is 3. The number of rotatable bonds is 11. The molecule has 28 heavy (non-hydrogen) atoms. The number of nitrogens with one attached hydrogen (secondary N) is 1. The van der Waals surface area contributed by atoms with Crippen LogP contribution in [0.4, 0.5) is 0 Å². The highest BCUT2D eigenvalue weighted by molar-refractivity contribution is 5.30. The molecule has 0 aromatic heterocycles. The Kier molecular flexibility index (Phi) is 8.85. The maximum Gasteiger partial charge on any atom is 0.119 e. The van der Waals surface area contributed by atoms with Crippen molar-refractivity contribution in [2.45, 2.75) is 72.6 Å². The van der Waals surface area contributed by atoms with E-state index in [0.29, 0.717) is 11.8 Å². The summed E-state index contributed by atoms with van der Waals surface area (Å²) in [4.78, 5) is 0. The summed E-state index contributed by atoms with van der Waals surface area (Å²) in [7, 11) is 0. The Morgan fingerprint density at radius 1 is 0.714 bits per heavy atom. The first-order valence-corrected chi connectivity index (χ1v) is 10.6. The van der Waals surface area contributed by atoms with E-state index >= 15 is 0 Å². The van der Waals surface area contributed by atoms with Gasteiger partial charge in [-0.1, -0.05) is 38.1 Å². The first-order chi connectivity index (χ1) is 13.3. The quantitative estimate of drug-likeness (QED) is 0.470. The van der Waals surface area contributed by atoms with Crippen LogP contribution < -0.4 is 14.8 Å². The molecule has 2 aromatic carbocycles. The Hall–Kier alpha value is -2.00. The molecular weight excluding hydrogens is 346 g/mol. The molecule has 2 rings (SSSR count). The summed E-state index contributed by atoms with van der Waals surface area (Å²) >= 11 is 0. The largest absolute Gasteiger partial charge is 0.491 e. The second kappa shape index (κ2) is 11.1. The van der Waals surface area contributed by atoms with Gasteiger partial charge >= 0.3 is 0 Å². The molecule has 0 aliphatic heterocycles. The topological polar surface area (TPSA) is 30.5 Å². The van der Waals surface area contributed by atoms with Crippen LogP contribution in [0.15, 0.2) is 48.5 Å². The standard InChI is InChI=1S/C25H37NO2/c1-18(2)25(22-9-13-24(14-10-22)28-20(5)6)15-16-26-17-21-7-11-23(12-8-21)27-19(3)4/h7-14,18-20,25-26H,15-17H2,1-6H3. The molecule has 3 nitrogen and oxygen atoms in total. The molecule has 0 saturated carbocycles. The van der Waals surface area contributed by atoms with E-state index in [0.717, 1.165) is 31.0 Å². The molecule has 0 fully saturated rings. The van der Waals surface area contributed by atoms with Gasteiger partial charge in [0.05, 0.1) is 12.2 Å². The zero-order chi connectivity index (χ0) is 20.5. The second-order valence-electron chi connectivity index (χ2n) is 8.36. The van der Waals surface area contributed by atoms with E-state index in [1.54, 1.807) is 0 Å². The third-order valence-electron chi connectivity index (χ3n) is 4.74. The van der Waals surface area contributed by atoms with E-state index in [1.165, 1.54) is 11.1 Å². The maximum atomic E-state index is 5.77. The lowest BCUT2D eigenvalue weighted by Crippen LogP contribution is -2.19. The Morgan fingerprint density at radius 2 is 1.21 bits per heavy atom. The molecule has 0 bridgehead atoms. The molecular formula is C25H37NO2. The van der Waals surface area contributed by atoms with Gasteiger partial charge in [0.25, 0.3) is 0 Å². The predicted molar refractivity (Wildman–Crippen MR) is 118 cm³/mol. The van der Waals surface area contributed by atoms with Crippen molar-refractivity contribution in [1.82, 2.24) is 5.32 Å². The normalized spacial score (nSPS) is 12.6. The molecule has 1 N–H and O–H groups in total. The van der Waals surface area contributed by atoms with Gasteiger partial charge in [0, 0.05) is 6.54 Å². The van der Waals surface area contributed by atoms with Crippen molar-refractivity contribution in [1.29, 1.82) is 0 Å². The van der Waals surface area contributed by atoms with Gasteiger partial charge in [0.1, 0.15) is 11.5 Å². The first-order valence-electron chi connectivity index (χ1n) is 10.6. The minimum absolute atomic E-state index is 0.210. The van der Waals surface area contributed by atoms with E-state index < -0.39 is 0 Å². The van der Waals surface area contributed by atoms with Crippen molar-refractivity contribution >= 4 is 0 Å². The van der Waals surface area contributed by atoms with Gasteiger partial charge in [-0.3, -0.25) is 0 Å². The fourth-order valence-corrected chi connectivity index (χ4v) is 3.40. The van der Waals surface area contributed by atoms with E-state index in [4.69, 9.17) is 9.47 Å². The minimum Gasteiger partial charge on any atom is -0.491 e. The first kappa shape index (κ1) is 22.3. The van der Waals surface area contributed by atoms with E-state index in [9.17, 15) is 0 Å². The van der Waals surface area contributed by atoms with Crippen LogP contribution in [0.5, 0.6) is 11.5 Å². The lowest BCUT2D eigenvalue weighted by Gasteiger charge is -2.22. The highest BCUT2D eigenvalue weighted by atomic mass is 16.5. The van der Waals surface area contributed by atoms with Gasteiger partial charge < -0.3 is 14.8 Å². The van der Waals surface area contributed by atoms with Gasteiger partial charge in [-0.05, 0) is 87.9 Å². The van der Waals surface area contributed by atoms with Crippen LogP contribution in [-0.4, -0.2) is 18.8 Å². The third kappa shape index (κ3) is 7.55. The summed E-state index contributed by atoms with van der Waals surface area (Å²) in [6.07, 6.45) is 1.54. The molecule has 0 aliphatic rings. The summed E-state index contributed by atoms with van der Waals surface area (Å²) in [5, 5.41) is 3.59. The highest BCUT2D eigenvalue weighted by Gasteiger charge is 2.15. The minimum atomic E-state index is 0.210. The van der Waals surface area contributed by atoms with Crippen LogP contribution in [0.1, 0.15) is 65.0 Å². The fraction of sp³-hybridized carbons (Fsp3) is 0.520. The number of hydrogen-bond donors (Lipinski definition) is 1. The van der Waals surface area contributed by atoms with Crippen LogP contribution in [-0.2, 0) is 6.54 Å². The van der Waals surface area contributed by atoms with Gasteiger partial charge in [0.2, 0.25) is 0 Å². The van der Waals surface area contributed by atoms with E-state index in [-0.39, 0.29) is 12.2 Å². The molecule has 1 unspecified atom stereocenters. The van der Waals surface area contributed by atoms with E-state index in [1.807, 2.05) is 13.8 Å². The molecule has 0 radical (unpaired) electrons. The zero-order valence-corrected chi connectivity index (χ0v) is 18.4. The average molecular weight is 384 g/mol. The van der Waals surface area contributed by atoms with Crippen molar-refractivity contribution in [3.63, 3.8) is 0 Å². The highest BCUT2D eigenvalue weighted by Crippen LogP contribution is 2.29. The van der Waals surface area contributed by atoms with E-state index in [2.05, 4.69) is 81.5 Å². The maximum absolute atomic E-state index is 5.77. The van der Waals surface area contributed by atoms with Crippen molar-refractivity contribution in [2.24, 2.45) is 5.92 Å². The van der Waals surface area contributed by atoms with Crippen molar-refractivity contribution in [3.8, 4) is 11.5 Å². The SMILES string of the molecule is CC(C)Oc1ccc(CNCCC(c2ccc(OC(C)C)cc2)C(C)C)cc1. The van der Waals surface area contributed by atoms with Crippen LogP contribution in [0, 0.1) is 5.92 Å². The van der Waals surface area contributed by atoms with Gasteiger partial charge in [-0.2, -0.15) is 0 Å². The molecule has 2 aromatic rings. The number of benzene rings is 2. The predicted octanol–water partition coefficient (Wildman–Crippen LogP) is 6.18. The van der Waals surface area contributed by atoms with Crippen molar-refractivity contribution in [3.05, 3.63) is 59.7 Å². The third-order valence-corrected chi connectivity index (χ3v) is 4.74. The molecule has 3 heteroatoms. The molecule has 0 spiro atoms. The lowest BCUT2D eigenvalue weighted by atomic mass is 9.86. The lowest BCUT2D eigenvalue weighted by molar-refractivity contribution is 0.242. The smallest absolute Gasteiger partial charge is 0.119 e. The van der Waals surface area contributed by atoms with Gasteiger partial charge in [0.15, 0.2) is 0 Å². The van der Waals surface area contributed by atoms with Crippen molar-refractivity contribution in [2.75, 3.05) is 6.54 Å². The monoisotopic (exact) mass is 383 g/mol. The van der Waals surface area contributed by atoms with Crippen molar-refractivity contribution < 1.29 is 9.47 Å². The van der Waals surface area contributed by atoms with Crippen LogP contribution >= 0.6 is 0 Å². The summed E-state index contributed by atoms with van der Waals surface area (Å²) in [6, 6.07) is 17.0. The van der Waals surface area contributed by atoms with Crippen LogP contribution in [0.25, 0.3) is 0 Å². The Balaban J connectivity index is 1.83. The fourth-order valence-electron chi connectivity index (χ4n) is 3.40. The Bertz CT molecular complexity index is 675. The summed E-state index contributed by atoms with van der Waals surface area (Å²) < 4.78 is 11.5. The Labute approximate surface area is 171 Å². The summed E-state index contributed by atoms with van der Waals surface area (Å²) in [6.45, 7) is 14.7. The molecule has 0 aliphatic carbocycles. The number of ether oxygens (including phenoxy) is 2. The van der Waals surface area contributed by atoms with Crippen LogP contribution in [0.3, 0.4) is 0 Å². The second-order valence-corrected chi connectivity index (χ2v) is 8.36. The molecule has 0 heterocycles. The van der Waals surface area contributed by atoms with Gasteiger partial charge in [-0.15, -0.1) is 0 Å². The van der Waals surface area contributed by atoms with Crippen LogP contribution in [0.2, 0.25) is 0 Å². The zero-order valence-electron chi connectivity index (χ0n) is 18.4. The molecule has 0 amide bonds. The Morgan fingerprint density at radius 3 is 1.68 bits per heavy atom. The molecule has 1 atom stereocenters. The van der Waals surface area contributed by atoms with Gasteiger partial charge in [-0.25, -0.2) is 0 Å². The summed E-state index contributed by atoms with van der Waals surface area (Å²) in [5.74, 6) is 3.03.